The van der Waals surface area contributed by atoms with E-state index in [0.29, 0.717) is 11.4 Å². The molecule has 2 amide bonds. The average Bonchev–Trinajstić information content (AvgIpc) is 2.79. The lowest BCUT2D eigenvalue weighted by molar-refractivity contribution is -0.140. The van der Waals surface area contributed by atoms with E-state index in [0.717, 1.165) is 10.6 Å². The SMILES string of the molecule is COc1ccc(N(CCCC(=O)N(Cc2ccccc2F)[C@@H](C)C(=O)NC(C)C)S(C)(=O)=O)cc1Cl. The fraction of sp³-hybridized carbons (Fsp3) is 0.440. The molecular weight excluding hydrogens is 509 g/mol. The number of nitrogens with one attached hydrogen (secondary N) is 1. The zero-order valence-electron chi connectivity index (χ0n) is 21.1. The van der Waals surface area contributed by atoms with Gasteiger partial charge in [0.05, 0.1) is 24.1 Å². The minimum atomic E-state index is -3.67. The van der Waals surface area contributed by atoms with Crippen molar-refractivity contribution in [1.82, 2.24) is 10.2 Å². The lowest BCUT2D eigenvalue weighted by atomic mass is 10.1. The molecule has 1 atom stereocenters. The second-order valence-electron chi connectivity index (χ2n) is 8.71. The van der Waals surface area contributed by atoms with Crippen molar-refractivity contribution >= 4 is 39.1 Å². The van der Waals surface area contributed by atoms with Gasteiger partial charge in [-0.1, -0.05) is 29.8 Å². The molecule has 0 saturated heterocycles. The number of halogens is 2. The molecule has 2 aromatic rings. The Morgan fingerprint density at radius 2 is 1.81 bits per heavy atom. The standard InChI is InChI=1S/C25H33ClFN3O5S/c1-17(2)28-25(32)18(3)29(16-19-9-6-7-10-22(19)27)24(31)11-8-14-30(36(5,33)34)20-12-13-23(35-4)21(26)15-20/h6-7,9-10,12-13,15,17-18H,8,11,14,16H2,1-5H3,(H,28,32)/t18-/m0/s1. The van der Waals surface area contributed by atoms with Crippen molar-refractivity contribution in [2.24, 2.45) is 0 Å². The number of ether oxygens (including phenoxy) is 1. The molecule has 11 heteroatoms. The Labute approximate surface area is 217 Å². The number of hydrogen-bond acceptors (Lipinski definition) is 5. The summed E-state index contributed by atoms with van der Waals surface area (Å²) in [7, 11) is -2.22. The molecule has 1 N–H and O–H groups in total. The molecule has 0 bridgehead atoms. The molecule has 0 aliphatic heterocycles. The summed E-state index contributed by atoms with van der Waals surface area (Å²) in [6, 6.07) is 9.67. The number of carbonyl (C=O) groups excluding carboxylic acids is 2. The van der Waals surface area contributed by atoms with E-state index in [2.05, 4.69) is 5.32 Å². The largest absolute Gasteiger partial charge is 0.495 e. The van der Waals surface area contributed by atoms with Crippen molar-refractivity contribution in [3.63, 3.8) is 0 Å². The highest BCUT2D eigenvalue weighted by atomic mass is 35.5. The van der Waals surface area contributed by atoms with E-state index in [-0.39, 0.29) is 48.5 Å². The van der Waals surface area contributed by atoms with E-state index in [9.17, 15) is 22.4 Å². The van der Waals surface area contributed by atoms with Gasteiger partial charge in [-0.05, 0) is 51.5 Å². The van der Waals surface area contributed by atoms with Gasteiger partial charge in [-0.25, -0.2) is 12.8 Å². The van der Waals surface area contributed by atoms with Gasteiger partial charge in [-0.15, -0.1) is 0 Å². The third kappa shape index (κ3) is 8.09. The maximum atomic E-state index is 14.3. The molecule has 0 aromatic heterocycles. The Morgan fingerprint density at radius 1 is 1.14 bits per heavy atom. The van der Waals surface area contributed by atoms with Gasteiger partial charge < -0.3 is 15.0 Å². The fourth-order valence-corrected chi connectivity index (χ4v) is 4.82. The molecule has 0 unspecified atom stereocenters. The van der Waals surface area contributed by atoms with Crippen molar-refractivity contribution in [2.75, 3.05) is 24.2 Å². The van der Waals surface area contributed by atoms with E-state index < -0.39 is 27.8 Å². The van der Waals surface area contributed by atoms with Crippen molar-refractivity contribution in [2.45, 2.75) is 52.2 Å². The van der Waals surface area contributed by atoms with Gasteiger partial charge in [-0.2, -0.15) is 0 Å². The first kappa shape index (κ1) is 29.4. The topological polar surface area (TPSA) is 96.0 Å². The number of anilines is 1. The average molecular weight is 542 g/mol. The lowest BCUT2D eigenvalue weighted by Crippen LogP contribution is -2.49. The summed E-state index contributed by atoms with van der Waals surface area (Å²) < 4.78 is 45.5. The second-order valence-corrected chi connectivity index (χ2v) is 11.0. The van der Waals surface area contributed by atoms with Crippen LogP contribution < -0.4 is 14.4 Å². The highest BCUT2D eigenvalue weighted by molar-refractivity contribution is 7.92. The Hall–Kier alpha value is -2.85. The second kappa shape index (κ2) is 12.9. The van der Waals surface area contributed by atoms with Crippen LogP contribution in [0.4, 0.5) is 10.1 Å². The van der Waals surface area contributed by atoms with E-state index in [1.165, 1.54) is 24.1 Å². The lowest BCUT2D eigenvalue weighted by Gasteiger charge is -2.30. The number of sulfonamides is 1. The van der Waals surface area contributed by atoms with E-state index in [1.807, 2.05) is 0 Å². The van der Waals surface area contributed by atoms with Crippen LogP contribution in [0.1, 0.15) is 39.2 Å². The van der Waals surface area contributed by atoms with Gasteiger partial charge in [-0.3, -0.25) is 13.9 Å². The van der Waals surface area contributed by atoms with Crippen LogP contribution in [0.15, 0.2) is 42.5 Å². The highest BCUT2D eigenvalue weighted by Gasteiger charge is 2.27. The smallest absolute Gasteiger partial charge is 0.242 e. The van der Waals surface area contributed by atoms with Gasteiger partial charge in [0.15, 0.2) is 0 Å². The van der Waals surface area contributed by atoms with Gasteiger partial charge in [0, 0.05) is 31.1 Å². The van der Waals surface area contributed by atoms with Crippen molar-refractivity contribution in [3.05, 3.63) is 58.9 Å². The quantitative estimate of drug-likeness (QED) is 0.438. The Bertz CT molecular complexity index is 1180. The van der Waals surface area contributed by atoms with Gasteiger partial charge in [0.1, 0.15) is 17.6 Å². The predicted molar refractivity (Wildman–Crippen MR) is 139 cm³/mol. The summed E-state index contributed by atoms with van der Waals surface area (Å²) in [6.07, 6.45) is 1.18. The van der Waals surface area contributed by atoms with Crippen LogP contribution >= 0.6 is 11.6 Å². The summed E-state index contributed by atoms with van der Waals surface area (Å²) in [5, 5.41) is 3.02. The van der Waals surface area contributed by atoms with E-state index in [4.69, 9.17) is 16.3 Å². The van der Waals surface area contributed by atoms with Crippen LogP contribution in [0.5, 0.6) is 5.75 Å². The number of methoxy groups -OCH3 is 1. The van der Waals surface area contributed by atoms with Gasteiger partial charge in [0.2, 0.25) is 21.8 Å². The molecule has 36 heavy (non-hydrogen) atoms. The molecule has 2 rings (SSSR count). The highest BCUT2D eigenvalue weighted by Crippen LogP contribution is 2.30. The number of nitrogens with zero attached hydrogens (tertiary/aromatic N) is 2. The number of rotatable bonds is 12. The van der Waals surface area contributed by atoms with Crippen LogP contribution in [0.2, 0.25) is 5.02 Å². The van der Waals surface area contributed by atoms with E-state index >= 15 is 0 Å². The minimum absolute atomic E-state index is 0.00728. The minimum Gasteiger partial charge on any atom is -0.495 e. The molecule has 0 aliphatic carbocycles. The first-order valence-corrected chi connectivity index (χ1v) is 13.7. The Morgan fingerprint density at radius 3 is 2.36 bits per heavy atom. The summed E-state index contributed by atoms with van der Waals surface area (Å²) >= 11 is 6.16. The van der Waals surface area contributed by atoms with Crippen molar-refractivity contribution in [1.29, 1.82) is 0 Å². The number of carbonyl (C=O) groups is 2. The third-order valence-electron chi connectivity index (χ3n) is 5.47. The zero-order chi connectivity index (χ0) is 27.0. The Kier molecular flexibility index (Phi) is 10.5. The summed E-state index contributed by atoms with van der Waals surface area (Å²) in [4.78, 5) is 27.2. The van der Waals surface area contributed by atoms with Gasteiger partial charge in [0.25, 0.3) is 0 Å². The van der Waals surface area contributed by atoms with Gasteiger partial charge >= 0.3 is 0 Å². The molecule has 0 radical (unpaired) electrons. The first-order chi connectivity index (χ1) is 16.8. The van der Waals surface area contributed by atoms with Crippen LogP contribution in [0.3, 0.4) is 0 Å². The molecule has 2 aromatic carbocycles. The third-order valence-corrected chi connectivity index (χ3v) is 6.96. The maximum Gasteiger partial charge on any atom is 0.242 e. The zero-order valence-corrected chi connectivity index (χ0v) is 22.7. The van der Waals surface area contributed by atoms with Crippen LogP contribution in [-0.2, 0) is 26.2 Å². The summed E-state index contributed by atoms with van der Waals surface area (Å²) in [6.45, 7) is 5.10. The van der Waals surface area contributed by atoms with E-state index in [1.54, 1.807) is 51.1 Å². The van der Waals surface area contributed by atoms with Crippen molar-refractivity contribution < 1.29 is 27.1 Å². The molecule has 0 saturated carbocycles. The molecule has 0 aliphatic rings. The molecule has 198 valence electrons. The normalized spacial score (nSPS) is 12.2. The molecule has 8 nitrogen and oxygen atoms in total. The monoisotopic (exact) mass is 541 g/mol. The molecule has 0 heterocycles. The number of hydrogen-bond donors (Lipinski definition) is 1. The summed E-state index contributed by atoms with van der Waals surface area (Å²) in [5.74, 6) is -0.834. The first-order valence-electron chi connectivity index (χ1n) is 11.5. The Balaban J connectivity index is 2.20. The van der Waals surface area contributed by atoms with Crippen molar-refractivity contribution in [3.8, 4) is 5.75 Å². The molecule has 0 spiro atoms. The fourth-order valence-electron chi connectivity index (χ4n) is 3.61. The van der Waals surface area contributed by atoms with Crippen LogP contribution in [0, 0.1) is 5.82 Å². The van der Waals surface area contributed by atoms with Crippen LogP contribution in [-0.4, -0.2) is 57.1 Å². The molecule has 0 fully saturated rings. The summed E-state index contributed by atoms with van der Waals surface area (Å²) in [5.41, 5.74) is 0.615. The maximum absolute atomic E-state index is 14.3. The number of amides is 2. The number of benzene rings is 2. The molecular formula is C25H33ClFN3O5S. The predicted octanol–water partition coefficient (Wildman–Crippen LogP) is 3.98. The van der Waals surface area contributed by atoms with Crippen LogP contribution in [0.25, 0.3) is 0 Å².